The van der Waals surface area contributed by atoms with Crippen molar-refractivity contribution in [1.82, 2.24) is 10.3 Å². The predicted octanol–water partition coefficient (Wildman–Crippen LogP) is 3.82. The number of nitrogens with zero attached hydrogens (tertiary/aromatic N) is 1. The molecule has 1 unspecified atom stereocenters. The van der Waals surface area contributed by atoms with Crippen molar-refractivity contribution in [2.75, 3.05) is 7.05 Å². The molecular formula is C18H24N2. The smallest absolute Gasteiger partial charge is 0.0423 e. The lowest BCUT2D eigenvalue weighted by atomic mass is 9.95. The van der Waals surface area contributed by atoms with Gasteiger partial charge < -0.3 is 5.32 Å². The largest absolute Gasteiger partial charge is 0.313 e. The van der Waals surface area contributed by atoms with Crippen LogP contribution < -0.4 is 5.32 Å². The molecule has 0 aliphatic rings. The Morgan fingerprint density at radius 2 is 1.65 bits per heavy atom. The minimum atomic E-state index is 0.310. The molecule has 1 aromatic heterocycles. The molecule has 1 N–H and O–H groups in total. The van der Waals surface area contributed by atoms with Crippen molar-refractivity contribution in [1.29, 1.82) is 0 Å². The van der Waals surface area contributed by atoms with Crippen LogP contribution in [0.1, 0.15) is 39.7 Å². The van der Waals surface area contributed by atoms with Crippen molar-refractivity contribution in [3.05, 3.63) is 64.0 Å². The number of benzene rings is 1. The molecule has 0 saturated carbocycles. The van der Waals surface area contributed by atoms with Gasteiger partial charge in [0.05, 0.1) is 0 Å². The highest BCUT2D eigenvalue weighted by Gasteiger charge is 2.13. The Balaban J connectivity index is 2.28. The van der Waals surface area contributed by atoms with Crippen LogP contribution in [0.15, 0.2) is 30.3 Å². The molecular weight excluding hydrogens is 244 g/mol. The van der Waals surface area contributed by atoms with Crippen LogP contribution in [0.4, 0.5) is 0 Å². The molecule has 2 aromatic rings. The van der Waals surface area contributed by atoms with E-state index in [1.54, 1.807) is 0 Å². The second-order valence-corrected chi connectivity index (χ2v) is 5.67. The summed E-state index contributed by atoms with van der Waals surface area (Å²) in [5.74, 6) is 0. The molecule has 0 amide bonds. The standard InChI is InChI=1S/C18H24N2/c1-12-8-13(2)10-16(9-12)11-18(19-5)17-7-6-14(3)20-15(17)4/h6-10,18-19H,11H2,1-5H3. The minimum absolute atomic E-state index is 0.310. The van der Waals surface area contributed by atoms with Gasteiger partial charge in [0.1, 0.15) is 0 Å². The second-order valence-electron chi connectivity index (χ2n) is 5.67. The minimum Gasteiger partial charge on any atom is -0.313 e. The first-order chi connectivity index (χ1) is 9.49. The molecule has 106 valence electrons. The topological polar surface area (TPSA) is 24.9 Å². The van der Waals surface area contributed by atoms with E-state index < -0.39 is 0 Å². The SMILES string of the molecule is CNC(Cc1cc(C)cc(C)c1)c1ccc(C)nc1C. The Morgan fingerprint density at radius 1 is 1.00 bits per heavy atom. The number of aryl methyl sites for hydroxylation is 4. The first-order valence-electron chi connectivity index (χ1n) is 7.18. The number of aromatic nitrogens is 1. The van der Waals surface area contributed by atoms with Gasteiger partial charge in [-0.25, -0.2) is 0 Å². The first-order valence-corrected chi connectivity index (χ1v) is 7.18. The molecule has 2 rings (SSSR count). The second kappa shape index (κ2) is 6.19. The number of hydrogen-bond donors (Lipinski definition) is 1. The van der Waals surface area contributed by atoms with Crippen molar-refractivity contribution in [2.45, 2.75) is 40.2 Å². The summed E-state index contributed by atoms with van der Waals surface area (Å²) < 4.78 is 0. The van der Waals surface area contributed by atoms with Gasteiger partial charge in [0.15, 0.2) is 0 Å². The van der Waals surface area contributed by atoms with Gasteiger partial charge in [-0.05, 0) is 58.4 Å². The molecule has 0 aliphatic heterocycles. The van der Waals surface area contributed by atoms with Crippen molar-refractivity contribution in [3.63, 3.8) is 0 Å². The molecule has 0 radical (unpaired) electrons. The van der Waals surface area contributed by atoms with E-state index in [4.69, 9.17) is 0 Å². The van der Waals surface area contributed by atoms with Crippen LogP contribution in [0.25, 0.3) is 0 Å². The molecule has 0 fully saturated rings. The number of rotatable bonds is 4. The summed E-state index contributed by atoms with van der Waals surface area (Å²) in [7, 11) is 2.02. The maximum Gasteiger partial charge on any atom is 0.0423 e. The summed E-state index contributed by atoms with van der Waals surface area (Å²) in [4.78, 5) is 4.58. The zero-order chi connectivity index (χ0) is 14.7. The summed E-state index contributed by atoms with van der Waals surface area (Å²) in [5, 5.41) is 3.43. The van der Waals surface area contributed by atoms with Gasteiger partial charge in [-0.2, -0.15) is 0 Å². The normalized spacial score (nSPS) is 12.4. The third kappa shape index (κ3) is 3.45. The zero-order valence-corrected chi connectivity index (χ0v) is 13.1. The van der Waals surface area contributed by atoms with Crippen LogP contribution in [0.2, 0.25) is 0 Å². The van der Waals surface area contributed by atoms with E-state index in [1.807, 2.05) is 14.0 Å². The van der Waals surface area contributed by atoms with Crippen molar-refractivity contribution < 1.29 is 0 Å². The van der Waals surface area contributed by atoms with Gasteiger partial charge in [-0.15, -0.1) is 0 Å². The first kappa shape index (κ1) is 14.7. The van der Waals surface area contributed by atoms with Crippen LogP contribution in [-0.2, 0) is 6.42 Å². The van der Waals surface area contributed by atoms with Crippen LogP contribution >= 0.6 is 0 Å². The lowest BCUT2D eigenvalue weighted by molar-refractivity contribution is 0.585. The van der Waals surface area contributed by atoms with E-state index in [9.17, 15) is 0 Å². The lowest BCUT2D eigenvalue weighted by Gasteiger charge is -2.19. The summed E-state index contributed by atoms with van der Waals surface area (Å²) in [5.41, 5.74) is 7.52. The Morgan fingerprint density at radius 3 is 2.20 bits per heavy atom. The summed E-state index contributed by atoms with van der Waals surface area (Å²) in [6.45, 7) is 8.44. The fourth-order valence-corrected chi connectivity index (χ4v) is 2.86. The third-order valence-corrected chi connectivity index (χ3v) is 3.71. The van der Waals surface area contributed by atoms with E-state index in [0.717, 1.165) is 17.8 Å². The highest BCUT2D eigenvalue weighted by molar-refractivity contribution is 5.32. The van der Waals surface area contributed by atoms with Gasteiger partial charge in [-0.3, -0.25) is 4.98 Å². The lowest BCUT2D eigenvalue weighted by Crippen LogP contribution is -2.20. The third-order valence-electron chi connectivity index (χ3n) is 3.71. The summed E-state index contributed by atoms with van der Waals surface area (Å²) >= 11 is 0. The number of likely N-dealkylation sites (N-methyl/N-ethyl adjacent to an activating group) is 1. The van der Waals surface area contributed by atoms with Gasteiger partial charge >= 0.3 is 0 Å². The fraction of sp³-hybridized carbons (Fsp3) is 0.389. The highest BCUT2D eigenvalue weighted by atomic mass is 14.9. The molecule has 2 nitrogen and oxygen atoms in total. The van der Waals surface area contributed by atoms with E-state index >= 15 is 0 Å². The van der Waals surface area contributed by atoms with Gasteiger partial charge in [0, 0.05) is 17.4 Å². The van der Waals surface area contributed by atoms with Crippen molar-refractivity contribution in [3.8, 4) is 0 Å². The van der Waals surface area contributed by atoms with Gasteiger partial charge in [-0.1, -0.05) is 35.4 Å². The predicted molar refractivity (Wildman–Crippen MR) is 85.1 cm³/mol. The molecule has 0 bridgehead atoms. The highest BCUT2D eigenvalue weighted by Crippen LogP contribution is 2.22. The van der Waals surface area contributed by atoms with Crippen LogP contribution in [0, 0.1) is 27.7 Å². The van der Waals surface area contributed by atoms with Gasteiger partial charge in [0.2, 0.25) is 0 Å². The average molecular weight is 268 g/mol. The van der Waals surface area contributed by atoms with Crippen molar-refractivity contribution >= 4 is 0 Å². The van der Waals surface area contributed by atoms with Crippen LogP contribution in [0.3, 0.4) is 0 Å². The molecule has 1 atom stereocenters. The van der Waals surface area contributed by atoms with Gasteiger partial charge in [0.25, 0.3) is 0 Å². The zero-order valence-electron chi connectivity index (χ0n) is 13.1. The molecule has 2 heteroatoms. The van der Waals surface area contributed by atoms with Crippen molar-refractivity contribution in [2.24, 2.45) is 0 Å². The molecule has 1 heterocycles. The van der Waals surface area contributed by atoms with E-state index in [0.29, 0.717) is 6.04 Å². The summed E-state index contributed by atoms with van der Waals surface area (Å²) in [6.07, 6.45) is 0.991. The van der Waals surface area contributed by atoms with Crippen LogP contribution in [-0.4, -0.2) is 12.0 Å². The Hall–Kier alpha value is -1.67. The average Bonchev–Trinajstić information content (AvgIpc) is 2.35. The Kier molecular flexibility index (Phi) is 4.56. The van der Waals surface area contributed by atoms with E-state index in [2.05, 4.69) is 61.4 Å². The Bertz CT molecular complexity index is 582. The maximum atomic E-state index is 4.58. The molecule has 0 spiro atoms. The van der Waals surface area contributed by atoms with E-state index in [1.165, 1.54) is 22.3 Å². The molecule has 1 aromatic carbocycles. The molecule has 0 saturated heterocycles. The quantitative estimate of drug-likeness (QED) is 0.912. The fourth-order valence-electron chi connectivity index (χ4n) is 2.86. The molecule has 0 aliphatic carbocycles. The maximum absolute atomic E-state index is 4.58. The van der Waals surface area contributed by atoms with Crippen LogP contribution in [0.5, 0.6) is 0 Å². The molecule has 20 heavy (non-hydrogen) atoms. The van der Waals surface area contributed by atoms with E-state index in [-0.39, 0.29) is 0 Å². The Labute approximate surface area is 122 Å². The monoisotopic (exact) mass is 268 g/mol. The number of pyridine rings is 1. The number of nitrogens with one attached hydrogen (secondary N) is 1. The number of hydrogen-bond acceptors (Lipinski definition) is 2. The summed E-state index contributed by atoms with van der Waals surface area (Å²) in [6, 6.07) is 11.4.